The predicted octanol–water partition coefficient (Wildman–Crippen LogP) is 2.74. The van der Waals surface area contributed by atoms with Crippen LogP contribution in [0.15, 0.2) is 34.4 Å². The fourth-order valence-corrected chi connectivity index (χ4v) is 2.04. The number of Topliss-reactive ketones (excluding diaryl/α,β-unsaturated/α-hetero) is 1. The number of allylic oxidation sites excluding steroid dienone is 1. The van der Waals surface area contributed by atoms with Crippen molar-refractivity contribution in [3.8, 4) is 0 Å². The molecule has 1 aliphatic heterocycles. The highest BCUT2D eigenvalue weighted by atomic mass is 79.9. The number of carbonyl (C=O) groups excluding carboxylic acids is 1. The summed E-state index contributed by atoms with van der Waals surface area (Å²) >= 11 is 3.42. The second-order valence-electron chi connectivity index (χ2n) is 3.62. The summed E-state index contributed by atoms with van der Waals surface area (Å²) in [4.78, 5) is 11.2. The van der Waals surface area contributed by atoms with Crippen molar-refractivity contribution >= 4 is 27.8 Å². The second-order valence-corrected chi connectivity index (χ2v) is 4.53. The van der Waals surface area contributed by atoms with Crippen LogP contribution in [0.5, 0.6) is 0 Å². The molecule has 2 rings (SSSR count). The van der Waals surface area contributed by atoms with Gasteiger partial charge >= 0.3 is 0 Å². The molecule has 1 fully saturated rings. The number of carbonyl (C=O) groups is 1. The Kier molecular flexibility index (Phi) is 3.21. The van der Waals surface area contributed by atoms with E-state index in [2.05, 4.69) is 21.2 Å². The van der Waals surface area contributed by atoms with Crippen LogP contribution in [0.1, 0.15) is 18.4 Å². The maximum atomic E-state index is 11.2. The van der Waals surface area contributed by atoms with Crippen LogP contribution in [0.3, 0.4) is 0 Å². The van der Waals surface area contributed by atoms with Crippen molar-refractivity contribution in [2.45, 2.75) is 12.8 Å². The van der Waals surface area contributed by atoms with Crippen molar-refractivity contribution < 1.29 is 4.79 Å². The van der Waals surface area contributed by atoms with Gasteiger partial charge in [0.2, 0.25) is 0 Å². The van der Waals surface area contributed by atoms with Crippen molar-refractivity contribution in [3.63, 3.8) is 0 Å². The van der Waals surface area contributed by atoms with Gasteiger partial charge in [-0.15, -0.1) is 0 Å². The molecule has 0 aliphatic carbocycles. The van der Waals surface area contributed by atoms with Gasteiger partial charge in [-0.3, -0.25) is 4.79 Å². The van der Waals surface area contributed by atoms with Gasteiger partial charge in [0.05, 0.1) is 0 Å². The van der Waals surface area contributed by atoms with E-state index >= 15 is 0 Å². The molecule has 1 aromatic carbocycles. The summed E-state index contributed by atoms with van der Waals surface area (Å²) < 4.78 is 1.05. The molecule has 0 saturated carbocycles. The first-order valence-corrected chi connectivity index (χ1v) is 5.75. The van der Waals surface area contributed by atoms with Crippen LogP contribution in [0.2, 0.25) is 0 Å². The van der Waals surface area contributed by atoms with Gasteiger partial charge in [-0.2, -0.15) is 0 Å². The molecule has 3 heteroatoms. The van der Waals surface area contributed by atoms with E-state index in [1.54, 1.807) is 0 Å². The lowest BCUT2D eigenvalue weighted by Gasteiger charge is -2.15. The Morgan fingerprint density at radius 2 is 2.27 bits per heavy atom. The standard InChI is InChI=1S/C12H12BrNO/c13-10-3-1-2-9(6-10)7-11-8-12(15)4-5-14-11/h1-3,6-7,14H,4-5,8H2. The number of halogens is 1. The molecule has 78 valence electrons. The molecule has 0 spiro atoms. The lowest BCUT2D eigenvalue weighted by Crippen LogP contribution is -2.25. The molecule has 15 heavy (non-hydrogen) atoms. The zero-order valence-corrected chi connectivity index (χ0v) is 9.88. The minimum atomic E-state index is 0.315. The van der Waals surface area contributed by atoms with Crippen LogP contribution < -0.4 is 5.32 Å². The predicted molar refractivity (Wildman–Crippen MR) is 64.4 cm³/mol. The number of ketones is 1. The first-order chi connectivity index (χ1) is 7.24. The molecule has 1 aromatic rings. The highest BCUT2D eigenvalue weighted by Crippen LogP contribution is 2.16. The molecule has 1 N–H and O–H groups in total. The van der Waals surface area contributed by atoms with Crippen molar-refractivity contribution in [1.29, 1.82) is 0 Å². The number of benzene rings is 1. The molecular formula is C12H12BrNO. The van der Waals surface area contributed by atoms with E-state index < -0.39 is 0 Å². The van der Waals surface area contributed by atoms with Gasteiger partial charge in [0, 0.05) is 29.6 Å². The van der Waals surface area contributed by atoms with Crippen LogP contribution >= 0.6 is 15.9 Å². The van der Waals surface area contributed by atoms with Gasteiger partial charge < -0.3 is 5.32 Å². The largest absolute Gasteiger partial charge is 0.388 e. The van der Waals surface area contributed by atoms with Crippen molar-refractivity contribution in [2.24, 2.45) is 0 Å². The average Bonchev–Trinajstić information content (AvgIpc) is 2.17. The Hall–Kier alpha value is -1.09. The van der Waals surface area contributed by atoms with E-state index in [1.165, 1.54) is 0 Å². The summed E-state index contributed by atoms with van der Waals surface area (Å²) in [5.74, 6) is 0.315. The molecular weight excluding hydrogens is 254 g/mol. The Bertz CT molecular complexity index is 412. The fraction of sp³-hybridized carbons (Fsp3) is 0.250. The topological polar surface area (TPSA) is 29.1 Å². The molecule has 2 nitrogen and oxygen atoms in total. The summed E-state index contributed by atoms with van der Waals surface area (Å²) in [5, 5.41) is 3.24. The Morgan fingerprint density at radius 3 is 3.00 bits per heavy atom. The molecule has 0 unspecified atom stereocenters. The third-order valence-electron chi connectivity index (χ3n) is 2.33. The van der Waals surface area contributed by atoms with E-state index in [1.807, 2.05) is 30.3 Å². The van der Waals surface area contributed by atoms with Gasteiger partial charge in [0.25, 0.3) is 0 Å². The quantitative estimate of drug-likeness (QED) is 0.846. The first kappa shape index (κ1) is 10.4. The van der Waals surface area contributed by atoms with E-state index in [4.69, 9.17) is 0 Å². The highest BCUT2D eigenvalue weighted by Gasteiger charge is 2.11. The van der Waals surface area contributed by atoms with Crippen molar-refractivity contribution in [3.05, 3.63) is 40.0 Å². The van der Waals surface area contributed by atoms with Crippen molar-refractivity contribution in [2.75, 3.05) is 6.54 Å². The van der Waals surface area contributed by atoms with Crippen LogP contribution in [-0.2, 0) is 4.79 Å². The Morgan fingerprint density at radius 1 is 1.40 bits per heavy atom. The van der Waals surface area contributed by atoms with E-state index in [-0.39, 0.29) is 0 Å². The summed E-state index contributed by atoms with van der Waals surface area (Å²) in [6.07, 6.45) is 3.21. The van der Waals surface area contributed by atoms with Gasteiger partial charge in [-0.1, -0.05) is 28.1 Å². The van der Waals surface area contributed by atoms with E-state index in [0.29, 0.717) is 18.6 Å². The van der Waals surface area contributed by atoms with Gasteiger partial charge in [-0.25, -0.2) is 0 Å². The molecule has 0 bridgehead atoms. The zero-order valence-electron chi connectivity index (χ0n) is 8.29. The summed E-state index contributed by atoms with van der Waals surface area (Å²) in [6, 6.07) is 8.04. The lowest BCUT2D eigenvalue weighted by atomic mass is 10.1. The van der Waals surface area contributed by atoms with Crippen molar-refractivity contribution in [1.82, 2.24) is 5.32 Å². The molecule has 0 atom stereocenters. The van der Waals surface area contributed by atoms with E-state index in [0.717, 1.165) is 22.3 Å². The Labute approximate surface area is 97.5 Å². The zero-order chi connectivity index (χ0) is 10.7. The van der Waals surface area contributed by atoms with E-state index in [9.17, 15) is 4.79 Å². The van der Waals surface area contributed by atoms with Crippen LogP contribution in [0.4, 0.5) is 0 Å². The summed E-state index contributed by atoms with van der Waals surface area (Å²) in [6.45, 7) is 0.763. The maximum absolute atomic E-state index is 11.2. The minimum absolute atomic E-state index is 0.315. The molecule has 1 saturated heterocycles. The molecule has 0 aromatic heterocycles. The number of piperidine rings is 1. The maximum Gasteiger partial charge on any atom is 0.140 e. The first-order valence-electron chi connectivity index (χ1n) is 4.96. The number of hydrogen-bond donors (Lipinski definition) is 1. The van der Waals surface area contributed by atoms with Gasteiger partial charge in [0.15, 0.2) is 0 Å². The van der Waals surface area contributed by atoms with Gasteiger partial charge in [-0.05, 0) is 23.8 Å². The number of rotatable bonds is 1. The molecule has 1 heterocycles. The number of hydrogen-bond acceptors (Lipinski definition) is 2. The monoisotopic (exact) mass is 265 g/mol. The van der Waals surface area contributed by atoms with Crippen LogP contribution in [0.25, 0.3) is 6.08 Å². The summed E-state index contributed by atoms with van der Waals surface area (Å²) in [7, 11) is 0. The minimum Gasteiger partial charge on any atom is -0.388 e. The summed E-state index contributed by atoms with van der Waals surface area (Å²) in [5.41, 5.74) is 2.13. The highest BCUT2D eigenvalue weighted by molar-refractivity contribution is 9.10. The third-order valence-corrected chi connectivity index (χ3v) is 2.83. The normalized spacial score (nSPS) is 19.0. The number of nitrogens with one attached hydrogen (secondary N) is 1. The molecule has 0 amide bonds. The second kappa shape index (κ2) is 4.62. The Balaban J connectivity index is 2.18. The van der Waals surface area contributed by atoms with Gasteiger partial charge in [0.1, 0.15) is 5.78 Å². The fourth-order valence-electron chi connectivity index (χ4n) is 1.63. The third kappa shape index (κ3) is 2.93. The lowest BCUT2D eigenvalue weighted by molar-refractivity contribution is -0.119. The smallest absolute Gasteiger partial charge is 0.140 e. The molecule has 0 radical (unpaired) electrons. The van der Waals surface area contributed by atoms with Crippen LogP contribution in [0, 0.1) is 0 Å². The average molecular weight is 266 g/mol. The SMILES string of the molecule is O=C1CCNC(=Cc2cccc(Br)c2)C1. The molecule has 1 aliphatic rings. The van der Waals surface area contributed by atoms with Crippen LogP contribution in [-0.4, -0.2) is 12.3 Å².